The molecule has 3 aromatic heterocycles. The Bertz CT molecular complexity index is 1120. The van der Waals surface area contributed by atoms with E-state index in [2.05, 4.69) is 25.9 Å². The zero-order valence-corrected chi connectivity index (χ0v) is 16.8. The Morgan fingerprint density at radius 1 is 1.24 bits per heavy atom. The van der Waals surface area contributed by atoms with E-state index in [-0.39, 0.29) is 18.6 Å². The summed E-state index contributed by atoms with van der Waals surface area (Å²) in [5, 5.41) is 3.08. The molecule has 0 unspecified atom stereocenters. The molecule has 1 amide bonds. The minimum Gasteiger partial charge on any atom is -0.490 e. The molecule has 4 aromatic rings. The zero-order chi connectivity index (χ0) is 19.8. The minimum atomic E-state index is -0.348. The molecule has 0 radical (unpaired) electrons. The highest BCUT2D eigenvalue weighted by atomic mass is 32.1. The number of nitrogens with two attached hydrogens (primary N) is 1. The van der Waals surface area contributed by atoms with Crippen LogP contribution >= 0.6 is 11.3 Å². The molecular formula is C21H23N5O2S. The Balaban J connectivity index is 1.22. The Kier molecular flexibility index (Phi) is 4.73. The predicted octanol–water partition coefficient (Wildman–Crippen LogP) is 2.88. The van der Waals surface area contributed by atoms with Crippen LogP contribution in [0.15, 0.2) is 48.2 Å². The van der Waals surface area contributed by atoms with Gasteiger partial charge in [0.1, 0.15) is 18.4 Å². The lowest BCUT2D eigenvalue weighted by Crippen LogP contribution is -2.37. The summed E-state index contributed by atoms with van der Waals surface area (Å²) in [7, 11) is 0. The molecule has 5 rings (SSSR count). The summed E-state index contributed by atoms with van der Waals surface area (Å²) in [4.78, 5) is 19.4. The first kappa shape index (κ1) is 18.2. The molecule has 0 spiro atoms. The van der Waals surface area contributed by atoms with Crippen LogP contribution in [-0.2, 0) is 17.9 Å². The zero-order valence-electron chi connectivity index (χ0n) is 16.0. The number of hydrogen-bond donors (Lipinski definition) is 1. The predicted molar refractivity (Wildman–Crippen MR) is 113 cm³/mol. The molecule has 7 nitrogen and oxygen atoms in total. The van der Waals surface area contributed by atoms with Gasteiger partial charge < -0.3 is 15.0 Å². The van der Waals surface area contributed by atoms with E-state index in [9.17, 15) is 4.79 Å². The van der Waals surface area contributed by atoms with E-state index >= 15 is 0 Å². The summed E-state index contributed by atoms with van der Waals surface area (Å²) in [6.45, 7) is 3.05. The largest absolute Gasteiger partial charge is 0.490 e. The summed E-state index contributed by atoms with van der Waals surface area (Å²) in [6, 6.07) is 7.95. The second-order valence-corrected chi connectivity index (χ2v) is 8.39. The van der Waals surface area contributed by atoms with Crippen LogP contribution in [0.3, 0.4) is 0 Å². The molecule has 0 atom stereocenters. The van der Waals surface area contributed by atoms with Crippen molar-refractivity contribution in [2.75, 3.05) is 13.1 Å². The third-order valence-electron chi connectivity index (χ3n) is 5.46. The number of benzene rings is 1. The van der Waals surface area contributed by atoms with E-state index in [1.54, 1.807) is 11.3 Å². The van der Waals surface area contributed by atoms with Crippen LogP contribution in [0, 0.1) is 0 Å². The van der Waals surface area contributed by atoms with Crippen molar-refractivity contribution in [3.63, 3.8) is 0 Å². The molecule has 0 aliphatic carbocycles. The van der Waals surface area contributed by atoms with Gasteiger partial charge in [-0.15, -0.1) is 11.3 Å². The number of hydrogen-bond acceptors (Lipinski definition) is 5. The van der Waals surface area contributed by atoms with Gasteiger partial charge in [0.2, 0.25) is 5.91 Å². The molecule has 0 saturated carbocycles. The van der Waals surface area contributed by atoms with E-state index in [0.717, 1.165) is 59.8 Å². The summed E-state index contributed by atoms with van der Waals surface area (Å²) in [5.74, 6) is 0.525. The molecule has 1 aliphatic heterocycles. The maximum Gasteiger partial charge on any atom is 0.237 e. The van der Waals surface area contributed by atoms with Crippen LogP contribution in [0.5, 0.6) is 5.75 Å². The fraction of sp³-hybridized carbons (Fsp3) is 0.333. The number of nitrogens with zero attached hydrogens (tertiary/aromatic N) is 4. The molecule has 150 valence electrons. The van der Waals surface area contributed by atoms with Gasteiger partial charge in [-0.05, 0) is 31.0 Å². The summed E-state index contributed by atoms with van der Waals surface area (Å²) in [5.41, 5.74) is 7.44. The number of primary amides is 1. The van der Waals surface area contributed by atoms with Crippen LogP contribution in [0.25, 0.3) is 15.9 Å². The highest BCUT2D eigenvalue weighted by Gasteiger charge is 2.22. The Morgan fingerprint density at radius 3 is 2.90 bits per heavy atom. The number of carbonyl (C=O) groups excluding carboxylic acids is 1. The van der Waals surface area contributed by atoms with Crippen molar-refractivity contribution in [1.29, 1.82) is 0 Å². The molecule has 2 N–H and O–H groups in total. The van der Waals surface area contributed by atoms with Crippen LogP contribution in [0.1, 0.15) is 18.5 Å². The normalized spacial score (nSPS) is 16.0. The number of piperidine rings is 1. The van der Waals surface area contributed by atoms with Gasteiger partial charge in [-0.1, -0.05) is 6.07 Å². The lowest BCUT2D eigenvalue weighted by atomic mass is 10.1. The van der Waals surface area contributed by atoms with Gasteiger partial charge in [-0.2, -0.15) is 0 Å². The third kappa shape index (κ3) is 3.73. The Hall–Kier alpha value is -2.84. The minimum absolute atomic E-state index is 0.178. The van der Waals surface area contributed by atoms with Crippen molar-refractivity contribution in [3.8, 4) is 5.75 Å². The van der Waals surface area contributed by atoms with Crippen LogP contribution in [0.2, 0.25) is 0 Å². The van der Waals surface area contributed by atoms with Gasteiger partial charge in [0, 0.05) is 49.0 Å². The first-order valence-corrected chi connectivity index (χ1v) is 10.7. The molecule has 1 aromatic carbocycles. The SMILES string of the molecule is NC(=O)Cn1ccc2c(OC3CCN(Cc4cn5ccsc5n4)CC3)cccc21. The molecule has 8 heteroatoms. The van der Waals surface area contributed by atoms with Crippen molar-refractivity contribution in [2.24, 2.45) is 5.73 Å². The fourth-order valence-electron chi connectivity index (χ4n) is 4.05. The number of imidazole rings is 1. The van der Waals surface area contributed by atoms with E-state index in [1.807, 2.05) is 41.2 Å². The Labute approximate surface area is 172 Å². The lowest BCUT2D eigenvalue weighted by Gasteiger charge is -2.31. The number of ether oxygens (including phenoxy) is 1. The van der Waals surface area contributed by atoms with Crippen molar-refractivity contribution in [1.82, 2.24) is 18.9 Å². The van der Waals surface area contributed by atoms with E-state index in [0.29, 0.717) is 0 Å². The van der Waals surface area contributed by atoms with Gasteiger partial charge in [0.15, 0.2) is 4.96 Å². The van der Waals surface area contributed by atoms with Gasteiger partial charge >= 0.3 is 0 Å². The van der Waals surface area contributed by atoms with Crippen LogP contribution in [0.4, 0.5) is 0 Å². The smallest absolute Gasteiger partial charge is 0.237 e. The third-order valence-corrected chi connectivity index (χ3v) is 6.23. The van der Waals surface area contributed by atoms with Crippen LogP contribution < -0.4 is 10.5 Å². The molecule has 29 heavy (non-hydrogen) atoms. The van der Waals surface area contributed by atoms with E-state index < -0.39 is 0 Å². The second kappa shape index (κ2) is 7.53. The van der Waals surface area contributed by atoms with Crippen molar-refractivity contribution < 1.29 is 9.53 Å². The average molecular weight is 410 g/mol. The number of likely N-dealkylation sites (tertiary alicyclic amines) is 1. The number of fused-ring (bicyclic) bond motifs is 2. The standard InChI is InChI=1S/C21H23N5O2S/c22-20(27)14-25-9-6-17-18(25)2-1-3-19(17)28-16-4-7-24(8-5-16)12-15-13-26-10-11-29-21(26)23-15/h1-3,6,9-11,13,16H,4-5,7-8,12,14H2,(H2,22,27). The van der Waals surface area contributed by atoms with Gasteiger partial charge in [-0.3, -0.25) is 14.1 Å². The molecular weight excluding hydrogens is 386 g/mol. The second-order valence-electron chi connectivity index (χ2n) is 7.52. The van der Waals surface area contributed by atoms with Gasteiger partial charge in [-0.25, -0.2) is 4.98 Å². The number of thiazole rings is 1. The average Bonchev–Trinajstić information content (AvgIpc) is 3.39. The van der Waals surface area contributed by atoms with Crippen molar-refractivity contribution in [2.45, 2.75) is 32.0 Å². The molecule has 1 saturated heterocycles. The number of carbonyl (C=O) groups is 1. The lowest BCUT2D eigenvalue weighted by molar-refractivity contribution is -0.118. The summed E-state index contributed by atoms with van der Waals surface area (Å²) >= 11 is 1.66. The fourth-order valence-corrected chi connectivity index (χ4v) is 4.77. The maximum atomic E-state index is 11.3. The highest BCUT2D eigenvalue weighted by molar-refractivity contribution is 7.15. The first-order valence-electron chi connectivity index (χ1n) is 9.82. The molecule has 0 bridgehead atoms. The van der Waals surface area contributed by atoms with Crippen LogP contribution in [-0.4, -0.2) is 44.0 Å². The van der Waals surface area contributed by atoms with E-state index in [1.165, 1.54) is 0 Å². The van der Waals surface area contributed by atoms with Gasteiger partial charge in [0.25, 0.3) is 0 Å². The number of amides is 1. The molecule has 1 fully saturated rings. The van der Waals surface area contributed by atoms with Crippen molar-refractivity contribution in [3.05, 3.63) is 53.9 Å². The highest BCUT2D eigenvalue weighted by Crippen LogP contribution is 2.29. The van der Waals surface area contributed by atoms with E-state index in [4.69, 9.17) is 10.5 Å². The monoisotopic (exact) mass is 409 g/mol. The van der Waals surface area contributed by atoms with Crippen molar-refractivity contribution >= 4 is 33.1 Å². The first-order chi connectivity index (χ1) is 14.2. The number of rotatable bonds is 6. The number of aromatic nitrogens is 3. The van der Waals surface area contributed by atoms with Gasteiger partial charge in [0.05, 0.1) is 11.2 Å². The maximum absolute atomic E-state index is 11.3. The summed E-state index contributed by atoms with van der Waals surface area (Å²) in [6.07, 6.45) is 8.23. The topological polar surface area (TPSA) is 77.8 Å². The molecule has 1 aliphatic rings. The quantitative estimate of drug-likeness (QED) is 0.531. The Morgan fingerprint density at radius 2 is 2.10 bits per heavy atom. The molecule has 4 heterocycles. The summed E-state index contributed by atoms with van der Waals surface area (Å²) < 4.78 is 10.3.